The van der Waals surface area contributed by atoms with Crippen LogP contribution in [0.25, 0.3) is 11.5 Å². The summed E-state index contributed by atoms with van der Waals surface area (Å²) >= 11 is 1.18. The van der Waals surface area contributed by atoms with Crippen LogP contribution < -0.4 is 10.6 Å². The zero-order valence-corrected chi connectivity index (χ0v) is 18.2. The maximum absolute atomic E-state index is 12.7. The summed E-state index contributed by atoms with van der Waals surface area (Å²) in [5.41, 5.74) is 1.33. The highest BCUT2D eigenvalue weighted by molar-refractivity contribution is 7.90. The molecule has 0 aliphatic rings. The quantitative estimate of drug-likeness (QED) is 0.499. The first kappa shape index (κ1) is 22.5. The van der Waals surface area contributed by atoms with Crippen molar-refractivity contribution in [2.75, 3.05) is 17.3 Å². The van der Waals surface area contributed by atoms with E-state index >= 15 is 0 Å². The number of furan rings is 1. The lowest BCUT2D eigenvalue weighted by atomic mass is 10.2. The number of carbonyl (C=O) groups is 2. The lowest BCUT2D eigenvalue weighted by molar-refractivity contribution is -0.118. The Labute approximate surface area is 183 Å². The molecule has 1 atom stereocenters. The Bertz CT molecular complexity index is 1110. The van der Waals surface area contributed by atoms with Crippen LogP contribution in [-0.4, -0.2) is 43.5 Å². The molecule has 9 nitrogen and oxygen atoms in total. The van der Waals surface area contributed by atoms with E-state index in [9.17, 15) is 18.0 Å². The number of benzene rings is 1. The Morgan fingerprint density at radius 1 is 1.19 bits per heavy atom. The molecule has 31 heavy (non-hydrogen) atoms. The molecule has 2 N–H and O–H groups in total. The first-order valence-electron chi connectivity index (χ1n) is 9.25. The molecule has 3 aromatic rings. The molecule has 164 valence electrons. The maximum Gasteiger partial charge on any atom is 0.408 e. The predicted molar refractivity (Wildman–Crippen MR) is 116 cm³/mol. The molecule has 0 saturated carbocycles. The number of nitrogens with one attached hydrogen (secondary N) is 2. The summed E-state index contributed by atoms with van der Waals surface area (Å²) in [7, 11) is -3.34. The van der Waals surface area contributed by atoms with E-state index in [1.807, 2.05) is 18.2 Å². The number of carbonyl (C=O) groups excluding carboxylic acids is 2. The smallest absolute Gasteiger partial charge is 0.408 e. The van der Waals surface area contributed by atoms with Crippen molar-refractivity contribution in [3.8, 4) is 11.5 Å². The molecule has 11 heteroatoms. The van der Waals surface area contributed by atoms with Gasteiger partial charge < -0.3 is 19.8 Å². The lowest BCUT2D eigenvalue weighted by Gasteiger charge is -2.17. The number of amides is 2. The first-order chi connectivity index (χ1) is 14.8. The van der Waals surface area contributed by atoms with E-state index in [2.05, 4.69) is 15.6 Å². The van der Waals surface area contributed by atoms with Crippen molar-refractivity contribution < 1.29 is 27.2 Å². The molecule has 1 aromatic carbocycles. The molecule has 0 aliphatic carbocycles. The Morgan fingerprint density at radius 3 is 2.65 bits per heavy atom. The van der Waals surface area contributed by atoms with E-state index in [1.165, 1.54) is 17.6 Å². The number of alkyl carbamates (subject to hydrolysis) is 1. The zero-order valence-electron chi connectivity index (χ0n) is 16.6. The fourth-order valence-electron chi connectivity index (χ4n) is 2.57. The summed E-state index contributed by atoms with van der Waals surface area (Å²) in [6, 6.07) is 11.4. The van der Waals surface area contributed by atoms with Crippen LogP contribution in [0.2, 0.25) is 0 Å². The summed E-state index contributed by atoms with van der Waals surface area (Å²) in [5, 5.41) is 7.04. The maximum atomic E-state index is 12.7. The molecule has 2 aromatic heterocycles. The van der Waals surface area contributed by atoms with Crippen molar-refractivity contribution in [2.45, 2.75) is 19.1 Å². The molecule has 2 heterocycles. The van der Waals surface area contributed by atoms with E-state index in [0.717, 1.165) is 11.8 Å². The number of sulfone groups is 1. The zero-order chi connectivity index (χ0) is 22.3. The summed E-state index contributed by atoms with van der Waals surface area (Å²) in [6.07, 6.45) is 1.64. The number of rotatable bonds is 9. The minimum Gasteiger partial charge on any atom is -0.463 e. The molecular formula is C20H21N3O6S2. The highest BCUT2D eigenvalue weighted by Gasteiger charge is 2.24. The minimum atomic E-state index is -3.34. The molecule has 0 radical (unpaired) electrons. The molecule has 0 saturated heterocycles. The van der Waals surface area contributed by atoms with Crippen molar-refractivity contribution in [1.29, 1.82) is 0 Å². The van der Waals surface area contributed by atoms with Gasteiger partial charge in [-0.15, -0.1) is 11.3 Å². The van der Waals surface area contributed by atoms with Crippen molar-refractivity contribution in [2.24, 2.45) is 0 Å². The molecular weight excluding hydrogens is 442 g/mol. The van der Waals surface area contributed by atoms with Crippen molar-refractivity contribution in [1.82, 2.24) is 10.3 Å². The highest BCUT2D eigenvalue weighted by Crippen LogP contribution is 2.25. The van der Waals surface area contributed by atoms with Crippen molar-refractivity contribution in [3.05, 3.63) is 59.7 Å². The number of thiazole rings is 1. The first-order valence-corrected chi connectivity index (χ1v) is 12.2. The van der Waals surface area contributed by atoms with Gasteiger partial charge in [0.15, 0.2) is 10.9 Å². The summed E-state index contributed by atoms with van der Waals surface area (Å²) < 4.78 is 33.5. The lowest BCUT2D eigenvalue weighted by Crippen LogP contribution is -2.45. The second kappa shape index (κ2) is 10.2. The standard InChI is InChI=1S/C20H21N3O6S2/c1-31(26,27)11-9-15(22-20(25)29-12-14-6-3-2-4-7-14)18(24)23-19-21-16(13-30-19)17-8-5-10-28-17/h2-8,10,13,15H,9,11-12H2,1H3,(H,22,25)(H,21,23,24). The number of anilines is 1. The fraction of sp³-hybridized carbons (Fsp3) is 0.250. The molecule has 0 fully saturated rings. The number of aromatic nitrogens is 1. The third-order valence-corrected chi connectivity index (χ3v) is 5.84. The minimum absolute atomic E-state index is 0.0199. The monoisotopic (exact) mass is 463 g/mol. The van der Waals surface area contributed by atoms with Crippen LogP contribution in [0.4, 0.5) is 9.93 Å². The van der Waals surface area contributed by atoms with Gasteiger partial charge in [-0.2, -0.15) is 0 Å². The molecule has 1 unspecified atom stereocenters. The van der Waals surface area contributed by atoms with Crippen LogP contribution in [0.5, 0.6) is 0 Å². The molecule has 2 amide bonds. The largest absolute Gasteiger partial charge is 0.463 e. The summed E-state index contributed by atoms with van der Waals surface area (Å²) in [5.74, 6) is -0.326. The second-order valence-corrected chi connectivity index (χ2v) is 9.80. The van der Waals surface area contributed by atoms with Gasteiger partial charge in [-0.05, 0) is 24.1 Å². The third-order valence-electron chi connectivity index (χ3n) is 4.11. The molecule has 3 rings (SSSR count). The van der Waals surface area contributed by atoms with Gasteiger partial charge >= 0.3 is 6.09 Å². The number of hydrogen-bond acceptors (Lipinski definition) is 8. The summed E-state index contributed by atoms with van der Waals surface area (Å²) in [6.45, 7) is 0.0199. The van der Waals surface area contributed by atoms with E-state index in [4.69, 9.17) is 9.15 Å². The predicted octanol–water partition coefficient (Wildman–Crippen LogP) is 3.07. The Hall–Kier alpha value is -3.18. The van der Waals surface area contributed by atoms with Gasteiger partial charge in [-0.1, -0.05) is 30.3 Å². The Morgan fingerprint density at radius 2 is 1.97 bits per heavy atom. The van der Waals surface area contributed by atoms with Gasteiger partial charge in [-0.3, -0.25) is 4.79 Å². The van der Waals surface area contributed by atoms with Crippen molar-refractivity contribution >= 4 is 38.3 Å². The van der Waals surface area contributed by atoms with Crippen LogP contribution in [0.1, 0.15) is 12.0 Å². The van der Waals surface area contributed by atoms with Gasteiger partial charge in [0, 0.05) is 11.6 Å². The average molecular weight is 464 g/mol. The van der Waals surface area contributed by atoms with Crippen LogP contribution in [-0.2, 0) is 26.0 Å². The Kier molecular flexibility index (Phi) is 7.42. The van der Waals surface area contributed by atoms with Crippen LogP contribution in [0, 0.1) is 0 Å². The average Bonchev–Trinajstić information content (AvgIpc) is 3.41. The number of nitrogens with zero attached hydrogens (tertiary/aromatic N) is 1. The molecule has 0 aliphatic heterocycles. The SMILES string of the molecule is CS(=O)(=O)CCC(NC(=O)OCc1ccccc1)C(=O)Nc1nc(-c2ccco2)cs1. The van der Waals surface area contributed by atoms with E-state index in [0.29, 0.717) is 16.6 Å². The molecule has 0 spiro atoms. The van der Waals surface area contributed by atoms with Gasteiger partial charge in [0.25, 0.3) is 0 Å². The number of hydrogen-bond donors (Lipinski definition) is 2. The van der Waals surface area contributed by atoms with Gasteiger partial charge in [0.1, 0.15) is 28.2 Å². The van der Waals surface area contributed by atoms with E-state index < -0.39 is 27.9 Å². The summed E-state index contributed by atoms with van der Waals surface area (Å²) in [4.78, 5) is 29.2. The Balaban J connectivity index is 1.62. The fourth-order valence-corrected chi connectivity index (χ4v) is 3.94. The van der Waals surface area contributed by atoms with E-state index in [1.54, 1.807) is 29.6 Å². The van der Waals surface area contributed by atoms with Gasteiger partial charge in [0.2, 0.25) is 5.91 Å². The normalized spacial score (nSPS) is 12.2. The van der Waals surface area contributed by atoms with Gasteiger partial charge in [-0.25, -0.2) is 18.2 Å². The van der Waals surface area contributed by atoms with E-state index in [-0.39, 0.29) is 18.8 Å². The topological polar surface area (TPSA) is 128 Å². The highest BCUT2D eigenvalue weighted by atomic mass is 32.2. The second-order valence-electron chi connectivity index (χ2n) is 6.68. The van der Waals surface area contributed by atoms with Gasteiger partial charge in [0.05, 0.1) is 12.0 Å². The third kappa shape index (κ3) is 7.23. The van der Waals surface area contributed by atoms with Crippen LogP contribution in [0.15, 0.2) is 58.5 Å². The molecule has 0 bridgehead atoms. The van der Waals surface area contributed by atoms with Crippen LogP contribution in [0.3, 0.4) is 0 Å². The number of ether oxygens (including phenoxy) is 1. The van der Waals surface area contributed by atoms with Crippen LogP contribution >= 0.6 is 11.3 Å². The van der Waals surface area contributed by atoms with Crippen molar-refractivity contribution in [3.63, 3.8) is 0 Å².